The Balaban J connectivity index is 0.000000166. The van der Waals surface area contributed by atoms with Gasteiger partial charge in [-0.2, -0.15) is 20.4 Å². The highest BCUT2D eigenvalue weighted by molar-refractivity contribution is 7.99. The lowest BCUT2D eigenvalue weighted by Crippen LogP contribution is -2.49. The van der Waals surface area contributed by atoms with Gasteiger partial charge in [0, 0.05) is 173 Å². The highest BCUT2D eigenvalue weighted by atomic mass is 32.2. The standard InChI is InChI=1S/C18H27N3O3S.C18H27N3O2.C15H22N2.C13H16N2O.C13H18N2O.C12H14N2O.C9H11NO2/c1-13(2)10-15-11-14(18(22)23)12-17(19-15)20-6-8-21(9-7-20)25(3,24)16-4-5-16;1-13(2)18-16-5-4-15(14(3)22)12-17(16)21(19-18)7-6-20-8-10-23-11-9-20;1-11(2)13-6-7-15-14(9-13)5-4-8-17(15)10-12(3)16;1-8(2)11-5-10(9(3)16)6-13-12(11)7-14-15(13)4;1-8(2)13-11-6-5-10(9(3)16)7-12(11)15(4)14-13;1-7(2)9-4-10(8(3)15)11-6-13-14-12(11)5-9;1-6(2)8-5-7(9(11)12)3-4-10-8/h11-13,16H,3-10H2,1-2H3,(H,22,23);4-5,12-13,16-17H,6-11H2,1-3H3;6-7,9,11H,3-5,8,10,16H2,1-2H3;5-8,16H,3H2,1-2,4H3;5-8,11-12,16H,3H2,1-2,4H3;4-7,15H,3H2,1-2H3,(H,13,14);3-6H,1-2H3,(H,11,12). The summed E-state index contributed by atoms with van der Waals surface area (Å²) < 4.78 is 22.0. The summed E-state index contributed by atoms with van der Waals surface area (Å²) in [4.78, 5) is 49.3. The lowest BCUT2D eigenvalue weighted by atomic mass is 9.84. The van der Waals surface area contributed by atoms with Crippen LogP contribution in [0.3, 0.4) is 0 Å². The molecule has 8 N–H and O–H groups in total. The number of H-pyrrole nitrogens is 1. The predicted octanol–water partition coefficient (Wildman–Crippen LogP) is 17.5. The number of ether oxygens (including phenoxy) is 1. The van der Waals surface area contributed by atoms with Crippen LogP contribution >= 0.6 is 0 Å². The van der Waals surface area contributed by atoms with Gasteiger partial charge in [0.05, 0.1) is 66.4 Å². The molecule has 3 fully saturated rings. The number of anilines is 2. The van der Waals surface area contributed by atoms with Crippen molar-refractivity contribution in [2.75, 3.05) is 95.5 Å². The first-order valence-corrected chi connectivity index (χ1v) is 45.3. The molecule has 26 heteroatoms. The number of hydrazone groups is 2. The maximum Gasteiger partial charge on any atom is 0.335 e. The van der Waals surface area contributed by atoms with Crippen molar-refractivity contribution >= 4 is 89.6 Å². The van der Waals surface area contributed by atoms with Gasteiger partial charge in [-0.15, -0.1) is 0 Å². The first-order chi connectivity index (χ1) is 58.6. The van der Waals surface area contributed by atoms with Crippen molar-refractivity contribution in [1.82, 2.24) is 49.2 Å². The molecule has 9 heterocycles. The number of aliphatic hydroxyl groups is 3. The second-order valence-corrected chi connectivity index (χ2v) is 38.0. The van der Waals surface area contributed by atoms with E-state index in [1.54, 1.807) is 31.3 Å². The Morgan fingerprint density at radius 2 is 1.27 bits per heavy atom. The molecule has 0 bridgehead atoms. The van der Waals surface area contributed by atoms with E-state index in [1.807, 2.05) is 84.6 Å². The minimum absolute atomic E-state index is 0.0869. The van der Waals surface area contributed by atoms with Crippen molar-refractivity contribution in [1.29, 1.82) is 0 Å². The second kappa shape index (κ2) is 43.6. The van der Waals surface area contributed by atoms with Crippen LogP contribution in [0.25, 0.3) is 33.3 Å². The summed E-state index contributed by atoms with van der Waals surface area (Å²) in [6.45, 7) is 56.1. The largest absolute Gasteiger partial charge is 0.508 e. The maximum atomic E-state index is 12.8. The highest BCUT2D eigenvalue weighted by Crippen LogP contribution is 2.38. The number of hydrogen-bond acceptors (Lipinski definition) is 20. The average Bonchev–Trinajstić information content (AvgIpc) is 1.64. The number of aromatic amines is 1. The number of piperazine rings is 1. The number of fused-ring (bicyclic) bond motifs is 5. The Labute approximate surface area is 735 Å². The molecular formula is C98H135N15O10S. The van der Waals surface area contributed by atoms with E-state index in [2.05, 4.69) is 208 Å². The van der Waals surface area contributed by atoms with E-state index >= 15 is 0 Å². The molecule has 8 aliphatic rings. The van der Waals surface area contributed by atoms with Crippen molar-refractivity contribution in [3.63, 3.8) is 0 Å². The van der Waals surface area contributed by atoms with Crippen molar-refractivity contribution in [2.45, 2.75) is 177 Å². The number of aryl methyl sites for hydroxylation is 2. The minimum Gasteiger partial charge on any atom is -0.508 e. The topological polar surface area (TPSA) is 321 Å². The number of carbonyl (C=O) groups is 3. The number of aliphatic hydroxyl groups excluding tert-OH is 3. The molecule has 0 radical (unpaired) electrons. The Hall–Kier alpha value is -10.9. The molecule has 3 aromatic carbocycles. The zero-order valence-corrected chi connectivity index (χ0v) is 76.9. The fourth-order valence-corrected chi connectivity index (χ4v) is 18.0. The van der Waals surface area contributed by atoms with E-state index in [4.69, 9.17) is 20.7 Å². The van der Waals surface area contributed by atoms with Crippen LogP contribution in [0.15, 0.2) is 181 Å². The molecule has 7 aromatic rings. The van der Waals surface area contributed by atoms with Crippen molar-refractivity contribution < 1.29 is 48.9 Å². The second-order valence-electron chi connectivity index (χ2n) is 35.5. The Bertz CT molecular complexity index is 5280. The van der Waals surface area contributed by atoms with Gasteiger partial charge in [0.1, 0.15) is 23.1 Å². The van der Waals surface area contributed by atoms with E-state index < -0.39 is 21.6 Å². The third-order valence-electron chi connectivity index (χ3n) is 23.2. The monoisotopic (exact) mass is 1710 g/mol. The first kappa shape index (κ1) is 96.9. The molecule has 5 unspecified atom stereocenters. The van der Waals surface area contributed by atoms with Gasteiger partial charge in [-0.1, -0.05) is 160 Å². The van der Waals surface area contributed by atoms with E-state index in [0.717, 1.165) is 138 Å². The number of carbonyl (C=O) groups excluding carboxylic acids is 1. The van der Waals surface area contributed by atoms with Crippen LogP contribution in [0.2, 0.25) is 0 Å². The minimum atomic E-state index is -2.15. The maximum absolute atomic E-state index is 12.8. The zero-order valence-electron chi connectivity index (χ0n) is 76.1. The fraction of sp³-hybridized carbons (Fsp3) is 0.469. The molecule has 0 amide bonds. The number of allylic oxidation sites excluding steroid dienone is 3. The number of morpholine rings is 1. The number of nitrogens with one attached hydrogen (secondary N) is 1. The molecule has 15 rings (SSSR count). The van der Waals surface area contributed by atoms with Crippen LogP contribution < -0.4 is 15.5 Å². The van der Waals surface area contributed by atoms with Gasteiger partial charge in [-0.25, -0.2) is 18.9 Å². The molecule has 0 spiro atoms. The third kappa shape index (κ3) is 25.6. The van der Waals surface area contributed by atoms with E-state index in [0.29, 0.717) is 84.9 Å². The van der Waals surface area contributed by atoms with Crippen molar-refractivity contribution in [2.24, 2.45) is 52.6 Å². The Morgan fingerprint density at radius 3 is 1.85 bits per heavy atom. The van der Waals surface area contributed by atoms with E-state index in [-0.39, 0.29) is 51.9 Å². The highest BCUT2D eigenvalue weighted by Gasteiger charge is 2.40. The Morgan fingerprint density at radius 1 is 0.637 bits per heavy atom. The number of rotatable bonds is 22. The van der Waals surface area contributed by atoms with Crippen molar-refractivity contribution in [3.8, 4) is 0 Å². The SMILES string of the molecule is C=C(N)CN1CCCc2cc(C(C)C)ccc21.C=C(O)C1=CC2C(C=C1)C(C(C)C)=NN2C.C=C(O)c1cc(C(C)C)c2cnn(C)c2c1.C=C(O)c1cc(C(C)C)cc2[nH]ncc12.C=S(=O)(C1CC1)N1CCN(c2cc(C(=O)O)cc(CC(C)C)n2)CC1.CC(=O)C1=CC2C(C=C1)C(C(C)C)=NN2CCN1CCOCC1.CC(C)c1cc(C(=O)O)ccn1. The van der Waals surface area contributed by atoms with Gasteiger partial charge >= 0.3 is 11.9 Å². The van der Waals surface area contributed by atoms with Crippen LogP contribution in [0, 0.1) is 29.6 Å². The number of carboxylic acids is 2. The van der Waals surface area contributed by atoms with Crippen LogP contribution in [0.1, 0.15) is 212 Å². The van der Waals surface area contributed by atoms with Crippen LogP contribution in [0.5, 0.6) is 0 Å². The van der Waals surface area contributed by atoms with Gasteiger partial charge in [0.25, 0.3) is 0 Å². The van der Waals surface area contributed by atoms with Crippen molar-refractivity contribution in [3.05, 3.63) is 227 Å². The number of nitrogens with zero attached hydrogens (tertiary/aromatic N) is 13. The number of nitrogens with two attached hydrogens (primary N) is 1. The molecule has 1 saturated carbocycles. The summed E-state index contributed by atoms with van der Waals surface area (Å²) >= 11 is 0. The summed E-state index contributed by atoms with van der Waals surface area (Å²) in [7, 11) is 1.72. The molecule has 5 aliphatic heterocycles. The number of benzene rings is 3. The predicted molar refractivity (Wildman–Crippen MR) is 508 cm³/mol. The summed E-state index contributed by atoms with van der Waals surface area (Å²) in [5.41, 5.74) is 22.8. The summed E-state index contributed by atoms with van der Waals surface area (Å²) in [5, 5.41) is 73.5. The number of carboxylic acid groups (broad SMARTS) is 2. The zero-order chi connectivity index (χ0) is 90.9. The summed E-state index contributed by atoms with van der Waals surface area (Å²) in [6, 6.07) is 21.6. The van der Waals surface area contributed by atoms with Crippen LogP contribution in [0.4, 0.5) is 11.5 Å². The molecule has 5 atom stereocenters. The summed E-state index contributed by atoms with van der Waals surface area (Å²) in [6.07, 6.45) is 22.6. The third-order valence-corrected chi connectivity index (χ3v) is 26.0. The number of likely N-dealkylation sites (N-methyl/N-ethyl adjacent to an activating group) is 1. The molecule has 668 valence electrons. The lowest BCUT2D eigenvalue weighted by molar-refractivity contribution is -0.113. The van der Waals surface area contributed by atoms with Crippen LogP contribution in [-0.2, 0) is 39.1 Å². The number of Topliss-reactive ketones (excluding diaryl/α,β-unsaturated/α-hetero) is 1. The van der Waals surface area contributed by atoms with Gasteiger partial charge in [-0.3, -0.25) is 38.7 Å². The van der Waals surface area contributed by atoms with E-state index in [1.165, 1.54) is 58.9 Å². The number of aromatic nitrogens is 6. The van der Waals surface area contributed by atoms with Crippen LogP contribution in [-0.4, -0.2) is 217 Å². The summed E-state index contributed by atoms with van der Waals surface area (Å²) in [5.74, 6) is 6.91. The molecule has 25 nitrogen and oxygen atoms in total. The normalized spacial score (nSPS) is 18.9. The molecular weight excluding hydrogens is 1580 g/mol. The lowest BCUT2D eigenvalue weighted by Gasteiger charge is -2.37. The number of hydrogen-bond donors (Lipinski definition) is 7. The smallest absolute Gasteiger partial charge is 0.335 e. The number of aromatic carboxylic acids is 2. The van der Waals surface area contributed by atoms with Gasteiger partial charge in [-0.05, 0) is 175 Å². The molecule has 124 heavy (non-hydrogen) atoms. The van der Waals surface area contributed by atoms with Gasteiger partial charge in [0.2, 0.25) is 0 Å². The molecule has 3 aliphatic carbocycles. The van der Waals surface area contributed by atoms with E-state index in [9.17, 15) is 39.0 Å². The molecule has 4 aromatic heterocycles. The van der Waals surface area contributed by atoms with Gasteiger partial charge < -0.3 is 45.8 Å². The van der Waals surface area contributed by atoms with Gasteiger partial charge in [0.15, 0.2) is 5.78 Å². The Kier molecular flexibility index (Phi) is 34.1. The first-order valence-electron chi connectivity index (χ1n) is 43.6. The average molecular weight is 1720 g/mol. The number of pyridine rings is 2. The number of ketones is 1. The fourth-order valence-electron chi connectivity index (χ4n) is 16.0. The molecule has 2 saturated heterocycles. The quantitative estimate of drug-likeness (QED) is 0.0245.